The third kappa shape index (κ3) is 5.86. The molecule has 7 heteroatoms. The number of hydrogen-bond acceptors (Lipinski definition) is 5. The van der Waals surface area contributed by atoms with E-state index in [-0.39, 0.29) is 17.6 Å². The number of carbonyl (C=O) groups excluding carboxylic acids is 2. The van der Waals surface area contributed by atoms with Gasteiger partial charge in [0.15, 0.2) is 0 Å². The molecule has 0 aliphatic carbocycles. The van der Waals surface area contributed by atoms with Gasteiger partial charge in [0.1, 0.15) is 11.5 Å². The number of ether oxygens (including phenoxy) is 1. The summed E-state index contributed by atoms with van der Waals surface area (Å²) in [7, 11) is 1.60. The Labute approximate surface area is 151 Å². The van der Waals surface area contributed by atoms with E-state index in [9.17, 15) is 14.7 Å². The van der Waals surface area contributed by atoms with Gasteiger partial charge in [0.25, 0.3) is 5.91 Å². The number of aromatic hydroxyl groups is 1. The van der Waals surface area contributed by atoms with Crippen molar-refractivity contribution in [3.8, 4) is 11.5 Å². The number of hydrazine groups is 1. The molecule has 4 N–H and O–H groups in total. The van der Waals surface area contributed by atoms with Crippen molar-refractivity contribution < 1.29 is 19.4 Å². The molecular formula is C19H21N3O4. The van der Waals surface area contributed by atoms with Crippen molar-refractivity contribution in [1.29, 1.82) is 0 Å². The largest absolute Gasteiger partial charge is 0.508 e. The number of benzene rings is 2. The van der Waals surface area contributed by atoms with E-state index in [1.54, 1.807) is 14.0 Å². The molecule has 0 fully saturated rings. The Morgan fingerprint density at radius 1 is 1.04 bits per heavy atom. The zero-order chi connectivity index (χ0) is 18.9. The predicted octanol–water partition coefficient (Wildman–Crippen LogP) is 1.86. The van der Waals surface area contributed by atoms with Crippen LogP contribution in [0.3, 0.4) is 0 Å². The average molecular weight is 355 g/mol. The Bertz CT molecular complexity index is 783. The lowest BCUT2D eigenvalue weighted by molar-refractivity contribution is -0.116. The van der Waals surface area contributed by atoms with Crippen LogP contribution in [0.5, 0.6) is 11.5 Å². The molecule has 2 aromatic carbocycles. The van der Waals surface area contributed by atoms with E-state index in [1.807, 2.05) is 24.3 Å². The first-order valence-electron chi connectivity index (χ1n) is 7.92. The summed E-state index contributed by atoms with van der Waals surface area (Å²) >= 11 is 0. The SMILES string of the molecule is COc1ccc(CNC(=O)/C=C(/C)NNC(=O)c2ccc(O)cc2)cc1. The molecule has 0 atom stereocenters. The third-order valence-electron chi connectivity index (χ3n) is 3.48. The number of allylic oxidation sites excluding steroid dienone is 1. The maximum absolute atomic E-state index is 11.9. The molecule has 2 amide bonds. The molecular weight excluding hydrogens is 334 g/mol. The Hall–Kier alpha value is -3.48. The summed E-state index contributed by atoms with van der Waals surface area (Å²) in [5.41, 5.74) is 6.94. The van der Waals surface area contributed by atoms with Crippen molar-refractivity contribution in [1.82, 2.24) is 16.2 Å². The van der Waals surface area contributed by atoms with Gasteiger partial charge in [-0.25, -0.2) is 0 Å². The molecule has 0 heterocycles. The number of hydrogen-bond donors (Lipinski definition) is 4. The van der Waals surface area contributed by atoms with E-state index in [2.05, 4.69) is 16.2 Å². The van der Waals surface area contributed by atoms with E-state index in [4.69, 9.17) is 4.74 Å². The van der Waals surface area contributed by atoms with Gasteiger partial charge in [-0.1, -0.05) is 12.1 Å². The second-order valence-corrected chi connectivity index (χ2v) is 5.52. The van der Waals surface area contributed by atoms with E-state index in [0.717, 1.165) is 11.3 Å². The van der Waals surface area contributed by atoms with Crippen molar-refractivity contribution >= 4 is 11.8 Å². The van der Waals surface area contributed by atoms with Gasteiger partial charge >= 0.3 is 0 Å². The zero-order valence-corrected chi connectivity index (χ0v) is 14.6. The minimum atomic E-state index is -0.378. The van der Waals surface area contributed by atoms with Crippen LogP contribution in [0.1, 0.15) is 22.8 Å². The first-order valence-corrected chi connectivity index (χ1v) is 7.92. The highest BCUT2D eigenvalue weighted by atomic mass is 16.5. The zero-order valence-electron chi connectivity index (χ0n) is 14.6. The second-order valence-electron chi connectivity index (χ2n) is 5.52. The highest BCUT2D eigenvalue weighted by Gasteiger charge is 2.05. The number of nitrogens with one attached hydrogen (secondary N) is 3. The summed E-state index contributed by atoms with van der Waals surface area (Å²) in [5, 5.41) is 12.0. The van der Waals surface area contributed by atoms with Crippen LogP contribution in [0.15, 0.2) is 60.3 Å². The van der Waals surface area contributed by atoms with Gasteiger partial charge in [-0.3, -0.25) is 15.0 Å². The van der Waals surface area contributed by atoms with Gasteiger partial charge in [-0.2, -0.15) is 0 Å². The lowest BCUT2D eigenvalue weighted by atomic mass is 10.2. The second kappa shape index (κ2) is 9.12. The lowest BCUT2D eigenvalue weighted by Crippen LogP contribution is -2.36. The summed E-state index contributed by atoms with van der Waals surface area (Å²) < 4.78 is 5.08. The quantitative estimate of drug-likeness (QED) is 0.449. The monoisotopic (exact) mass is 355 g/mol. The van der Waals surface area contributed by atoms with E-state index >= 15 is 0 Å². The Balaban J connectivity index is 1.79. The standard InChI is InChI=1S/C19H21N3O4/c1-13(21-22-19(25)15-5-7-16(23)8-6-15)11-18(24)20-12-14-3-9-17(26-2)10-4-14/h3-11,21,23H,12H2,1-2H3,(H,20,24)(H,22,25)/b13-11-. The maximum Gasteiger partial charge on any atom is 0.269 e. The first-order chi connectivity index (χ1) is 12.5. The van der Waals surface area contributed by atoms with Crippen molar-refractivity contribution in [2.24, 2.45) is 0 Å². The normalized spacial score (nSPS) is 10.8. The molecule has 0 aliphatic rings. The lowest BCUT2D eigenvalue weighted by Gasteiger charge is -2.09. The fourth-order valence-electron chi connectivity index (χ4n) is 2.06. The highest BCUT2D eigenvalue weighted by molar-refractivity contribution is 5.94. The molecule has 0 unspecified atom stereocenters. The first kappa shape index (κ1) is 18.9. The van der Waals surface area contributed by atoms with Crippen LogP contribution < -0.4 is 20.9 Å². The summed E-state index contributed by atoms with van der Waals surface area (Å²) in [6, 6.07) is 13.2. The van der Waals surface area contributed by atoms with Gasteiger partial charge in [-0.05, 0) is 48.9 Å². The number of phenols is 1. The number of phenolic OH excluding ortho intramolecular Hbond substituents is 1. The van der Waals surface area contributed by atoms with Gasteiger partial charge in [0.05, 0.1) is 7.11 Å². The molecule has 0 aromatic heterocycles. The van der Waals surface area contributed by atoms with Crippen LogP contribution >= 0.6 is 0 Å². The van der Waals surface area contributed by atoms with E-state index < -0.39 is 0 Å². The molecule has 26 heavy (non-hydrogen) atoms. The maximum atomic E-state index is 11.9. The van der Waals surface area contributed by atoms with Crippen LogP contribution in [-0.4, -0.2) is 24.0 Å². The van der Waals surface area contributed by atoms with Crippen molar-refractivity contribution in [3.63, 3.8) is 0 Å². The fourth-order valence-corrected chi connectivity index (χ4v) is 2.06. The van der Waals surface area contributed by atoms with E-state index in [0.29, 0.717) is 17.8 Å². The fraction of sp³-hybridized carbons (Fsp3) is 0.158. The summed E-state index contributed by atoms with van der Waals surface area (Å²) in [6.07, 6.45) is 1.35. The van der Waals surface area contributed by atoms with Crippen molar-refractivity contribution in [3.05, 3.63) is 71.4 Å². The van der Waals surface area contributed by atoms with Crippen molar-refractivity contribution in [2.75, 3.05) is 7.11 Å². The van der Waals surface area contributed by atoms with Gasteiger partial charge in [0.2, 0.25) is 5.91 Å². The molecule has 2 rings (SSSR count). The smallest absolute Gasteiger partial charge is 0.269 e. The molecule has 136 valence electrons. The predicted molar refractivity (Wildman–Crippen MR) is 97.3 cm³/mol. The van der Waals surface area contributed by atoms with E-state index in [1.165, 1.54) is 30.3 Å². The number of methoxy groups -OCH3 is 1. The van der Waals surface area contributed by atoms with Crippen LogP contribution in [0, 0.1) is 0 Å². The summed E-state index contributed by atoms with van der Waals surface area (Å²) in [5.74, 6) is 0.171. The topological polar surface area (TPSA) is 99.7 Å². The van der Waals surface area contributed by atoms with Gasteiger partial charge in [0, 0.05) is 23.9 Å². The number of carbonyl (C=O) groups is 2. The Morgan fingerprint density at radius 2 is 1.69 bits per heavy atom. The van der Waals surface area contributed by atoms with Crippen molar-refractivity contribution in [2.45, 2.75) is 13.5 Å². The molecule has 2 aromatic rings. The van der Waals surface area contributed by atoms with Crippen LogP contribution in [0.25, 0.3) is 0 Å². The van der Waals surface area contributed by atoms with Crippen LogP contribution in [0.4, 0.5) is 0 Å². The molecule has 0 saturated carbocycles. The van der Waals surface area contributed by atoms with Crippen LogP contribution in [0.2, 0.25) is 0 Å². The highest BCUT2D eigenvalue weighted by Crippen LogP contribution is 2.11. The minimum Gasteiger partial charge on any atom is -0.508 e. The number of amides is 2. The Morgan fingerprint density at radius 3 is 2.31 bits per heavy atom. The van der Waals surface area contributed by atoms with Gasteiger partial charge < -0.3 is 20.6 Å². The molecule has 0 saturated heterocycles. The molecule has 7 nitrogen and oxygen atoms in total. The van der Waals surface area contributed by atoms with Gasteiger partial charge in [-0.15, -0.1) is 0 Å². The minimum absolute atomic E-state index is 0.0825. The molecule has 0 aliphatic heterocycles. The number of rotatable bonds is 7. The molecule has 0 bridgehead atoms. The van der Waals surface area contributed by atoms with Crippen LogP contribution in [-0.2, 0) is 11.3 Å². The molecule has 0 spiro atoms. The average Bonchev–Trinajstić information content (AvgIpc) is 2.65. The Kier molecular flexibility index (Phi) is 6.61. The summed E-state index contributed by atoms with van der Waals surface area (Å²) in [4.78, 5) is 23.8. The summed E-state index contributed by atoms with van der Waals surface area (Å²) in [6.45, 7) is 2.04. The molecule has 0 radical (unpaired) electrons. The third-order valence-corrected chi connectivity index (χ3v) is 3.48.